The summed E-state index contributed by atoms with van der Waals surface area (Å²) in [6.45, 7) is 3.00. The fourth-order valence-electron chi connectivity index (χ4n) is 4.14. The number of rotatable bonds is 6. The van der Waals surface area contributed by atoms with Gasteiger partial charge in [-0.3, -0.25) is 9.58 Å². The van der Waals surface area contributed by atoms with E-state index in [4.69, 9.17) is 4.74 Å². The summed E-state index contributed by atoms with van der Waals surface area (Å²) in [5, 5.41) is 4.30. The summed E-state index contributed by atoms with van der Waals surface area (Å²) in [7, 11) is 2.04. The maximum atomic E-state index is 5.64. The first-order valence-corrected chi connectivity index (χ1v) is 9.25. The molecule has 1 aliphatic carbocycles. The second-order valence-electron chi connectivity index (χ2n) is 7.15. The monoisotopic (exact) mass is 325 g/mol. The molecule has 0 unspecified atom stereocenters. The maximum absolute atomic E-state index is 5.64. The predicted octanol–water partition coefficient (Wildman–Crippen LogP) is 3.34. The molecule has 2 aliphatic rings. The van der Waals surface area contributed by atoms with E-state index in [-0.39, 0.29) is 0 Å². The molecule has 1 aliphatic heterocycles. The highest BCUT2D eigenvalue weighted by molar-refractivity contribution is 5.39. The quantitative estimate of drug-likeness (QED) is 0.816. The molecule has 1 fully saturated rings. The second-order valence-corrected chi connectivity index (χ2v) is 7.15. The number of ether oxygens (including phenoxy) is 1. The van der Waals surface area contributed by atoms with Crippen molar-refractivity contribution in [3.05, 3.63) is 47.3 Å². The molecule has 0 N–H and O–H groups in total. The lowest BCUT2D eigenvalue weighted by atomic mass is 10.1. The minimum absolute atomic E-state index is 0.739. The molecule has 1 aromatic heterocycles. The first kappa shape index (κ1) is 15.7. The van der Waals surface area contributed by atoms with E-state index in [1.165, 1.54) is 42.5 Å². The molecule has 4 nitrogen and oxygen atoms in total. The Labute approximate surface area is 144 Å². The van der Waals surface area contributed by atoms with E-state index in [1.807, 2.05) is 17.9 Å². The Bertz CT molecular complexity index is 688. The van der Waals surface area contributed by atoms with Crippen LogP contribution >= 0.6 is 0 Å². The molecule has 0 bridgehead atoms. The van der Waals surface area contributed by atoms with Gasteiger partial charge in [0.1, 0.15) is 5.75 Å². The highest BCUT2D eigenvalue weighted by Gasteiger charge is 2.23. The SMILES string of the molecule is Cn1nccc1CCN(Cc1ccc2c(c1)CCO2)C1CCCC1. The topological polar surface area (TPSA) is 30.3 Å². The minimum Gasteiger partial charge on any atom is -0.493 e. The maximum Gasteiger partial charge on any atom is 0.122 e. The van der Waals surface area contributed by atoms with Crippen LogP contribution in [0.2, 0.25) is 0 Å². The van der Waals surface area contributed by atoms with E-state index in [2.05, 4.69) is 34.3 Å². The fourth-order valence-corrected chi connectivity index (χ4v) is 4.14. The van der Waals surface area contributed by atoms with Crippen LogP contribution in [0.5, 0.6) is 5.75 Å². The van der Waals surface area contributed by atoms with Crippen molar-refractivity contribution in [2.45, 2.75) is 51.1 Å². The van der Waals surface area contributed by atoms with Gasteiger partial charge in [-0.05, 0) is 36.1 Å². The second kappa shape index (κ2) is 6.98. The minimum atomic E-state index is 0.739. The van der Waals surface area contributed by atoms with Crippen LogP contribution in [0.4, 0.5) is 0 Å². The van der Waals surface area contributed by atoms with Crippen molar-refractivity contribution >= 4 is 0 Å². The zero-order valence-electron chi connectivity index (χ0n) is 14.6. The standard InChI is InChI=1S/C20H27N3O/c1-22-18(8-11-21-22)9-12-23(19-4-2-3-5-19)15-16-6-7-20-17(14-16)10-13-24-20/h6-8,11,14,19H,2-5,9-10,12-13,15H2,1H3. The van der Waals surface area contributed by atoms with Gasteiger partial charge in [0.25, 0.3) is 0 Å². The summed E-state index contributed by atoms with van der Waals surface area (Å²) < 4.78 is 7.64. The van der Waals surface area contributed by atoms with Crippen molar-refractivity contribution in [3.8, 4) is 5.75 Å². The Hall–Kier alpha value is -1.81. The smallest absolute Gasteiger partial charge is 0.122 e. The van der Waals surface area contributed by atoms with Gasteiger partial charge in [0.05, 0.1) is 6.61 Å². The van der Waals surface area contributed by atoms with Crippen LogP contribution in [0.3, 0.4) is 0 Å². The van der Waals surface area contributed by atoms with Crippen LogP contribution in [0.1, 0.15) is 42.5 Å². The third-order valence-electron chi connectivity index (χ3n) is 5.56. The first-order chi connectivity index (χ1) is 11.8. The molecule has 1 saturated carbocycles. The molecular formula is C20H27N3O. The van der Waals surface area contributed by atoms with Crippen molar-refractivity contribution in [3.63, 3.8) is 0 Å². The molecule has 4 heteroatoms. The summed E-state index contributed by atoms with van der Waals surface area (Å²) >= 11 is 0. The highest BCUT2D eigenvalue weighted by atomic mass is 16.5. The molecule has 1 aromatic carbocycles. The van der Waals surface area contributed by atoms with Gasteiger partial charge >= 0.3 is 0 Å². The molecule has 0 radical (unpaired) electrons. The van der Waals surface area contributed by atoms with Gasteiger partial charge in [-0.2, -0.15) is 5.10 Å². The van der Waals surface area contributed by atoms with Gasteiger partial charge < -0.3 is 4.74 Å². The van der Waals surface area contributed by atoms with E-state index < -0.39 is 0 Å². The van der Waals surface area contributed by atoms with Gasteiger partial charge in [-0.1, -0.05) is 25.0 Å². The molecule has 2 aromatic rings. The lowest BCUT2D eigenvalue weighted by Crippen LogP contribution is -2.34. The van der Waals surface area contributed by atoms with Crippen molar-refractivity contribution < 1.29 is 4.74 Å². The third-order valence-corrected chi connectivity index (χ3v) is 5.56. The van der Waals surface area contributed by atoms with Gasteiger partial charge in [-0.25, -0.2) is 0 Å². The Kier molecular flexibility index (Phi) is 4.56. The number of fused-ring (bicyclic) bond motifs is 1. The number of hydrogen-bond donors (Lipinski definition) is 0. The largest absolute Gasteiger partial charge is 0.493 e. The van der Waals surface area contributed by atoms with E-state index in [0.717, 1.165) is 44.3 Å². The lowest BCUT2D eigenvalue weighted by Gasteiger charge is -2.29. The van der Waals surface area contributed by atoms with Gasteiger partial charge in [0, 0.05) is 50.9 Å². The summed E-state index contributed by atoms with van der Waals surface area (Å²) in [5.74, 6) is 1.08. The third kappa shape index (κ3) is 3.34. The van der Waals surface area contributed by atoms with Crippen LogP contribution < -0.4 is 4.74 Å². The van der Waals surface area contributed by atoms with Crippen LogP contribution in [-0.4, -0.2) is 33.9 Å². The Morgan fingerprint density at radius 1 is 1.25 bits per heavy atom. The molecule has 0 saturated heterocycles. The van der Waals surface area contributed by atoms with Crippen LogP contribution in [0.15, 0.2) is 30.5 Å². The molecule has 2 heterocycles. The van der Waals surface area contributed by atoms with Crippen LogP contribution in [0.25, 0.3) is 0 Å². The van der Waals surface area contributed by atoms with Crippen LogP contribution in [0, 0.1) is 0 Å². The normalized spacial score (nSPS) is 17.4. The number of hydrogen-bond acceptors (Lipinski definition) is 3. The van der Waals surface area contributed by atoms with Gasteiger partial charge in [-0.15, -0.1) is 0 Å². The number of aryl methyl sites for hydroxylation is 1. The van der Waals surface area contributed by atoms with Gasteiger partial charge in [0.15, 0.2) is 0 Å². The Morgan fingerprint density at radius 3 is 2.92 bits per heavy atom. The highest BCUT2D eigenvalue weighted by Crippen LogP contribution is 2.29. The summed E-state index contributed by atoms with van der Waals surface area (Å²) in [4.78, 5) is 2.69. The molecule has 0 atom stereocenters. The van der Waals surface area contributed by atoms with E-state index in [0.29, 0.717) is 0 Å². The van der Waals surface area contributed by atoms with Crippen molar-refractivity contribution in [1.29, 1.82) is 0 Å². The average molecular weight is 325 g/mol. The summed E-state index contributed by atoms with van der Waals surface area (Å²) in [6.07, 6.45) is 9.48. The zero-order chi connectivity index (χ0) is 16.4. The number of benzene rings is 1. The number of aromatic nitrogens is 2. The van der Waals surface area contributed by atoms with E-state index in [1.54, 1.807) is 0 Å². The molecule has 0 amide bonds. The molecule has 0 spiro atoms. The van der Waals surface area contributed by atoms with Crippen molar-refractivity contribution in [1.82, 2.24) is 14.7 Å². The fraction of sp³-hybridized carbons (Fsp3) is 0.550. The molecule has 24 heavy (non-hydrogen) atoms. The molecular weight excluding hydrogens is 298 g/mol. The average Bonchev–Trinajstić information content (AvgIpc) is 3.33. The van der Waals surface area contributed by atoms with E-state index in [9.17, 15) is 0 Å². The van der Waals surface area contributed by atoms with Gasteiger partial charge in [0.2, 0.25) is 0 Å². The summed E-state index contributed by atoms with van der Waals surface area (Å²) in [6, 6.07) is 9.64. The predicted molar refractivity (Wildman–Crippen MR) is 95.2 cm³/mol. The molecule has 4 rings (SSSR count). The van der Waals surface area contributed by atoms with E-state index >= 15 is 0 Å². The lowest BCUT2D eigenvalue weighted by molar-refractivity contribution is 0.191. The number of nitrogens with zero attached hydrogens (tertiary/aromatic N) is 3. The first-order valence-electron chi connectivity index (χ1n) is 9.25. The zero-order valence-corrected chi connectivity index (χ0v) is 14.6. The Morgan fingerprint density at radius 2 is 2.12 bits per heavy atom. The van der Waals surface area contributed by atoms with Crippen molar-refractivity contribution in [2.24, 2.45) is 7.05 Å². The van der Waals surface area contributed by atoms with Crippen LogP contribution in [-0.2, 0) is 26.4 Å². The van der Waals surface area contributed by atoms with Crippen molar-refractivity contribution in [2.75, 3.05) is 13.2 Å². The summed E-state index contributed by atoms with van der Waals surface area (Å²) in [5.41, 5.74) is 4.13. The molecule has 128 valence electrons. The Balaban J connectivity index is 1.46.